The molecule has 4 rings (SSSR count). The number of rotatable bonds is 4. The number of aromatic nitrogens is 2. The van der Waals surface area contributed by atoms with Gasteiger partial charge < -0.3 is 10.1 Å². The monoisotopic (exact) mass is 395 g/mol. The molecule has 0 aliphatic heterocycles. The number of aryl methyl sites for hydroxylation is 2. The number of ether oxygens (including phenoxy) is 1. The molecule has 0 aliphatic rings. The van der Waals surface area contributed by atoms with Gasteiger partial charge in [-0.05, 0) is 48.7 Å². The standard InChI is InChI=1S/C21H18ClN3OS/c1-12-4-5-14(8-13(12)2)16-10-27-21-19(16)20(23-11-24-21)25-15-6-7-18(26-3)17(22)9-15/h4-11H,1-3H3,(H,23,24,25). The summed E-state index contributed by atoms with van der Waals surface area (Å²) in [5.74, 6) is 1.40. The Labute approximate surface area is 166 Å². The van der Waals surface area contributed by atoms with Crippen LogP contribution < -0.4 is 10.1 Å². The smallest absolute Gasteiger partial charge is 0.143 e. The van der Waals surface area contributed by atoms with Crippen LogP contribution in [0, 0.1) is 13.8 Å². The minimum absolute atomic E-state index is 0.549. The minimum atomic E-state index is 0.549. The van der Waals surface area contributed by atoms with Crippen LogP contribution in [0.5, 0.6) is 5.75 Å². The molecule has 0 fully saturated rings. The van der Waals surface area contributed by atoms with Crippen LogP contribution in [0.25, 0.3) is 21.3 Å². The average molecular weight is 396 g/mol. The van der Waals surface area contributed by atoms with E-state index in [1.807, 2.05) is 18.2 Å². The summed E-state index contributed by atoms with van der Waals surface area (Å²) >= 11 is 7.87. The fourth-order valence-electron chi connectivity index (χ4n) is 2.97. The molecule has 4 nitrogen and oxygen atoms in total. The predicted octanol–water partition coefficient (Wildman–Crippen LogP) is 6.38. The highest BCUT2D eigenvalue weighted by Gasteiger charge is 2.14. The number of halogens is 1. The lowest BCUT2D eigenvalue weighted by molar-refractivity contribution is 0.415. The van der Waals surface area contributed by atoms with Gasteiger partial charge >= 0.3 is 0 Å². The van der Waals surface area contributed by atoms with Crippen LogP contribution in [0.3, 0.4) is 0 Å². The number of nitrogens with one attached hydrogen (secondary N) is 1. The number of fused-ring (bicyclic) bond motifs is 1. The van der Waals surface area contributed by atoms with Gasteiger partial charge in [-0.15, -0.1) is 11.3 Å². The summed E-state index contributed by atoms with van der Waals surface area (Å²) in [6, 6.07) is 12.1. The number of benzene rings is 2. The number of nitrogens with zero attached hydrogens (tertiary/aromatic N) is 2. The lowest BCUT2D eigenvalue weighted by Gasteiger charge is -2.11. The van der Waals surface area contributed by atoms with Crippen molar-refractivity contribution >= 4 is 44.7 Å². The fourth-order valence-corrected chi connectivity index (χ4v) is 4.15. The molecule has 2 heterocycles. The van der Waals surface area contributed by atoms with Gasteiger partial charge in [-0.3, -0.25) is 0 Å². The van der Waals surface area contributed by atoms with E-state index >= 15 is 0 Å². The van der Waals surface area contributed by atoms with Crippen LogP contribution in [-0.4, -0.2) is 17.1 Å². The summed E-state index contributed by atoms with van der Waals surface area (Å²) < 4.78 is 5.22. The summed E-state index contributed by atoms with van der Waals surface area (Å²) in [7, 11) is 1.60. The minimum Gasteiger partial charge on any atom is -0.495 e. The largest absolute Gasteiger partial charge is 0.495 e. The van der Waals surface area contributed by atoms with E-state index in [9.17, 15) is 0 Å². The molecule has 0 saturated heterocycles. The normalized spacial score (nSPS) is 11.0. The Morgan fingerprint density at radius 1 is 1.04 bits per heavy atom. The van der Waals surface area contributed by atoms with Gasteiger partial charge in [0.05, 0.1) is 17.5 Å². The highest BCUT2D eigenvalue weighted by Crippen LogP contribution is 2.38. The number of anilines is 2. The molecule has 2 aromatic carbocycles. The average Bonchev–Trinajstić information content (AvgIpc) is 3.09. The van der Waals surface area contributed by atoms with Crippen molar-refractivity contribution in [3.63, 3.8) is 0 Å². The van der Waals surface area contributed by atoms with E-state index in [0.29, 0.717) is 10.8 Å². The Morgan fingerprint density at radius 2 is 1.89 bits per heavy atom. The van der Waals surface area contributed by atoms with E-state index in [1.54, 1.807) is 24.8 Å². The van der Waals surface area contributed by atoms with Crippen LogP contribution in [0.2, 0.25) is 5.02 Å². The second-order valence-electron chi connectivity index (χ2n) is 6.33. The number of methoxy groups -OCH3 is 1. The SMILES string of the molecule is COc1ccc(Nc2ncnc3scc(-c4ccc(C)c(C)c4)c23)cc1Cl. The molecule has 0 atom stereocenters. The number of thiophene rings is 1. The molecular formula is C21H18ClN3OS. The van der Waals surface area contributed by atoms with Gasteiger partial charge in [-0.25, -0.2) is 9.97 Å². The van der Waals surface area contributed by atoms with E-state index in [4.69, 9.17) is 16.3 Å². The first-order chi connectivity index (χ1) is 13.1. The third-order valence-electron chi connectivity index (χ3n) is 4.60. The van der Waals surface area contributed by atoms with Crippen LogP contribution in [-0.2, 0) is 0 Å². The van der Waals surface area contributed by atoms with Crippen molar-refractivity contribution in [2.45, 2.75) is 13.8 Å². The zero-order chi connectivity index (χ0) is 19.0. The Balaban J connectivity index is 1.80. The van der Waals surface area contributed by atoms with Crippen LogP contribution in [0.4, 0.5) is 11.5 Å². The molecule has 6 heteroatoms. The summed E-state index contributed by atoms with van der Waals surface area (Å²) in [6.45, 7) is 4.25. The van der Waals surface area contributed by atoms with Gasteiger partial charge in [0.2, 0.25) is 0 Å². The summed E-state index contributed by atoms with van der Waals surface area (Å²) in [5, 5.41) is 7.07. The van der Waals surface area contributed by atoms with E-state index in [2.05, 4.69) is 52.7 Å². The molecule has 0 unspecified atom stereocenters. The molecule has 0 spiro atoms. The van der Waals surface area contributed by atoms with Crippen molar-refractivity contribution in [1.29, 1.82) is 0 Å². The van der Waals surface area contributed by atoms with Crippen LogP contribution in [0.15, 0.2) is 48.1 Å². The van der Waals surface area contributed by atoms with Gasteiger partial charge in [0.15, 0.2) is 0 Å². The van der Waals surface area contributed by atoms with E-state index in [-0.39, 0.29) is 0 Å². The van der Waals surface area contributed by atoms with Gasteiger partial charge in [0, 0.05) is 16.6 Å². The van der Waals surface area contributed by atoms with Gasteiger partial charge in [0.1, 0.15) is 22.7 Å². The molecule has 4 aromatic rings. The molecule has 0 aliphatic carbocycles. The summed E-state index contributed by atoms with van der Waals surface area (Å²) in [6.07, 6.45) is 1.58. The van der Waals surface area contributed by atoms with Crippen molar-refractivity contribution in [1.82, 2.24) is 9.97 Å². The van der Waals surface area contributed by atoms with Crippen molar-refractivity contribution in [3.05, 3.63) is 64.3 Å². The molecular weight excluding hydrogens is 378 g/mol. The second-order valence-corrected chi connectivity index (χ2v) is 7.59. The molecule has 1 N–H and O–H groups in total. The molecule has 0 bridgehead atoms. The Hall–Kier alpha value is -2.63. The first kappa shape index (κ1) is 17.8. The molecule has 0 amide bonds. The molecule has 0 saturated carbocycles. The quantitative estimate of drug-likeness (QED) is 0.435. The first-order valence-corrected chi connectivity index (χ1v) is 9.73. The van der Waals surface area contributed by atoms with Crippen molar-refractivity contribution in [2.24, 2.45) is 0 Å². The van der Waals surface area contributed by atoms with Crippen molar-refractivity contribution < 1.29 is 4.74 Å². The topological polar surface area (TPSA) is 47.0 Å². The molecule has 136 valence electrons. The Kier molecular flexibility index (Phi) is 4.72. The third-order valence-corrected chi connectivity index (χ3v) is 5.78. The highest BCUT2D eigenvalue weighted by atomic mass is 35.5. The Bertz CT molecular complexity index is 1140. The second kappa shape index (κ2) is 7.18. The first-order valence-electron chi connectivity index (χ1n) is 8.47. The van der Waals surface area contributed by atoms with Crippen LogP contribution >= 0.6 is 22.9 Å². The maximum Gasteiger partial charge on any atom is 0.143 e. The Morgan fingerprint density at radius 3 is 2.63 bits per heavy atom. The maximum atomic E-state index is 6.26. The molecule has 2 aromatic heterocycles. The lowest BCUT2D eigenvalue weighted by atomic mass is 10.0. The van der Waals surface area contributed by atoms with Crippen molar-refractivity contribution in [3.8, 4) is 16.9 Å². The van der Waals surface area contributed by atoms with E-state index in [0.717, 1.165) is 32.8 Å². The van der Waals surface area contributed by atoms with Crippen molar-refractivity contribution in [2.75, 3.05) is 12.4 Å². The van der Waals surface area contributed by atoms with Gasteiger partial charge in [-0.1, -0.05) is 29.8 Å². The highest BCUT2D eigenvalue weighted by molar-refractivity contribution is 7.17. The van der Waals surface area contributed by atoms with E-state index in [1.165, 1.54) is 11.1 Å². The number of hydrogen-bond donors (Lipinski definition) is 1. The summed E-state index contributed by atoms with van der Waals surface area (Å²) in [4.78, 5) is 9.86. The molecule has 27 heavy (non-hydrogen) atoms. The van der Waals surface area contributed by atoms with E-state index < -0.39 is 0 Å². The van der Waals surface area contributed by atoms with Gasteiger partial charge in [0.25, 0.3) is 0 Å². The fraction of sp³-hybridized carbons (Fsp3) is 0.143. The summed E-state index contributed by atoms with van der Waals surface area (Å²) in [5.41, 5.74) is 5.68. The van der Waals surface area contributed by atoms with Gasteiger partial charge in [-0.2, -0.15) is 0 Å². The molecule has 0 radical (unpaired) electrons. The zero-order valence-corrected chi connectivity index (χ0v) is 16.8. The van der Waals surface area contributed by atoms with Crippen LogP contribution in [0.1, 0.15) is 11.1 Å². The third kappa shape index (κ3) is 3.36. The predicted molar refractivity (Wildman–Crippen MR) is 114 cm³/mol. The zero-order valence-electron chi connectivity index (χ0n) is 15.2. The lowest BCUT2D eigenvalue weighted by Crippen LogP contribution is -1.96. The maximum absolute atomic E-state index is 6.26. The number of hydrogen-bond acceptors (Lipinski definition) is 5.